The van der Waals surface area contributed by atoms with E-state index in [0.717, 1.165) is 44.9 Å². The van der Waals surface area contributed by atoms with Gasteiger partial charge < -0.3 is 9.84 Å². The number of ether oxygens (including phenoxy) is 1. The third-order valence-corrected chi connectivity index (χ3v) is 13.0. The van der Waals surface area contributed by atoms with E-state index < -0.39 is 22.2 Å². The topological polar surface area (TPSA) is 90.7 Å². The van der Waals surface area contributed by atoms with Gasteiger partial charge in [0, 0.05) is 10.8 Å². The lowest BCUT2D eigenvalue weighted by Crippen LogP contribution is -2.63. The minimum atomic E-state index is -0.661. The second-order valence-electron chi connectivity index (χ2n) is 15.5. The van der Waals surface area contributed by atoms with Crippen LogP contribution in [0.25, 0.3) is 0 Å². The molecule has 1 aliphatic heterocycles. The van der Waals surface area contributed by atoms with Crippen molar-refractivity contribution in [3.05, 3.63) is 23.3 Å². The minimum Gasteiger partial charge on any atom is -0.481 e. The fourth-order valence-electron chi connectivity index (χ4n) is 10.7. The molecular weight excluding hydrogens is 462 g/mol. The normalized spacial score (nSPS) is 50.9. The predicted octanol–water partition coefficient (Wildman–Crippen LogP) is 6.49. The van der Waals surface area contributed by atoms with E-state index in [1.165, 1.54) is 5.57 Å². The SMILES string of the molecule is CC1(C)CC[C@]2(C(=O)O)CC[C@]3(C)[C@@H](C4OC4C=C4[C@]5(C)C=C(C#N)C(=O)C(C)(C)C5CC[C@]43C)C2C1. The number of hydrogen-bond acceptors (Lipinski definition) is 4. The molecule has 0 amide bonds. The summed E-state index contributed by atoms with van der Waals surface area (Å²) in [4.78, 5) is 26.2. The first kappa shape index (κ1) is 25.4. The first-order valence-electron chi connectivity index (χ1n) is 14.4. The number of carbonyl (C=O) groups is 2. The Bertz CT molecular complexity index is 1200. The number of ketones is 1. The van der Waals surface area contributed by atoms with Gasteiger partial charge in [0.05, 0.1) is 17.1 Å². The monoisotopic (exact) mass is 505 g/mol. The lowest BCUT2D eigenvalue weighted by atomic mass is 9.36. The summed E-state index contributed by atoms with van der Waals surface area (Å²) in [5.41, 5.74) is -0.201. The van der Waals surface area contributed by atoms with E-state index in [9.17, 15) is 20.0 Å². The molecule has 5 heteroatoms. The van der Waals surface area contributed by atoms with Crippen molar-refractivity contribution in [2.75, 3.05) is 0 Å². The standard InChI is InChI=1S/C32H43NO4/c1-27(2)10-12-32(26(35)36)13-11-31(7)23(19(32)16-27)24-20(37-24)14-22-29(5)15-18(17-33)25(34)28(3,4)21(29)8-9-30(22,31)6/h14-15,19-21,23-24H,8-13,16H2,1-7H3,(H,35,36)/t19?,20?,21?,23-,24?,29-,30-,31-,32+/m1/s1. The van der Waals surface area contributed by atoms with Gasteiger partial charge in [-0.1, -0.05) is 66.2 Å². The number of carboxylic acids is 1. The Morgan fingerprint density at radius 2 is 1.73 bits per heavy atom. The van der Waals surface area contributed by atoms with Crippen molar-refractivity contribution in [1.29, 1.82) is 5.26 Å². The van der Waals surface area contributed by atoms with Gasteiger partial charge in [0.1, 0.15) is 12.2 Å². The number of allylic oxidation sites excluding steroid dienone is 3. The zero-order valence-electron chi connectivity index (χ0n) is 23.6. The molecule has 6 rings (SSSR count). The fourth-order valence-corrected chi connectivity index (χ4v) is 10.7. The molecule has 1 heterocycles. The van der Waals surface area contributed by atoms with Crippen LogP contribution >= 0.6 is 0 Å². The summed E-state index contributed by atoms with van der Waals surface area (Å²) in [7, 11) is 0. The lowest BCUT2D eigenvalue weighted by Gasteiger charge is -2.67. The molecule has 0 radical (unpaired) electrons. The van der Waals surface area contributed by atoms with Crippen LogP contribution in [0.4, 0.5) is 0 Å². The number of rotatable bonds is 1. The second-order valence-corrected chi connectivity index (χ2v) is 15.5. The Kier molecular flexibility index (Phi) is 4.92. The van der Waals surface area contributed by atoms with Crippen molar-refractivity contribution in [2.45, 2.75) is 106 Å². The predicted molar refractivity (Wildman–Crippen MR) is 140 cm³/mol. The van der Waals surface area contributed by atoms with Gasteiger partial charge in [-0.15, -0.1) is 0 Å². The minimum absolute atomic E-state index is 0.00830. The molecule has 37 heavy (non-hydrogen) atoms. The number of Topliss-reactive ketones (excluding diaryl/α,β-unsaturated/α-hetero) is 1. The van der Waals surface area contributed by atoms with E-state index in [1.807, 2.05) is 19.9 Å². The van der Waals surface area contributed by atoms with Crippen LogP contribution < -0.4 is 0 Å². The van der Waals surface area contributed by atoms with Crippen molar-refractivity contribution in [3.8, 4) is 6.07 Å². The van der Waals surface area contributed by atoms with Crippen LogP contribution in [0.2, 0.25) is 0 Å². The second kappa shape index (κ2) is 7.17. The van der Waals surface area contributed by atoms with E-state index in [1.54, 1.807) is 0 Å². The van der Waals surface area contributed by atoms with E-state index in [0.29, 0.717) is 0 Å². The van der Waals surface area contributed by atoms with Gasteiger partial charge in [0.2, 0.25) is 0 Å². The van der Waals surface area contributed by atoms with Crippen LogP contribution in [0.15, 0.2) is 23.3 Å². The van der Waals surface area contributed by atoms with Crippen LogP contribution in [0, 0.1) is 61.6 Å². The molecule has 1 N–H and O–H groups in total. The maximum atomic E-state index is 13.3. The zero-order chi connectivity index (χ0) is 27.0. The average molecular weight is 506 g/mol. The quantitative estimate of drug-likeness (QED) is 0.325. The first-order chi connectivity index (χ1) is 17.1. The Morgan fingerprint density at radius 1 is 1.05 bits per heavy atom. The van der Waals surface area contributed by atoms with Gasteiger partial charge in [0.15, 0.2) is 5.78 Å². The highest BCUT2D eigenvalue weighted by Gasteiger charge is 2.73. The van der Waals surface area contributed by atoms with Gasteiger partial charge >= 0.3 is 5.97 Å². The smallest absolute Gasteiger partial charge is 0.309 e. The first-order valence-corrected chi connectivity index (χ1v) is 14.4. The summed E-state index contributed by atoms with van der Waals surface area (Å²) in [5.74, 6) is -0.254. The van der Waals surface area contributed by atoms with E-state index in [2.05, 4.69) is 46.8 Å². The molecule has 0 aromatic rings. The van der Waals surface area contributed by atoms with Crippen molar-refractivity contribution >= 4 is 11.8 Å². The van der Waals surface area contributed by atoms with Gasteiger partial charge in [0.25, 0.3) is 0 Å². The average Bonchev–Trinajstić information content (AvgIpc) is 3.57. The number of hydrogen-bond donors (Lipinski definition) is 1. The Labute approximate surface area is 221 Å². The number of carboxylic acid groups (broad SMARTS) is 1. The van der Waals surface area contributed by atoms with Crippen molar-refractivity contribution in [1.82, 2.24) is 0 Å². The van der Waals surface area contributed by atoms with E-state index in [4.69, 9.17) is 4.74 Å². The van der Waals surface area contributed by atoms with Crippen LogP contribution in [0.1, 0.15) is 93.4 Å². The molecule has 1 saturated heterocycles. The summed E-state index contributed by atoms with van der Waals surface area (Å²) in [6, 6.07) is 2.23. The zero-order valence-corrected chi connectivity index (χ0v) is 23.6. The number of fused-ring (bicyclic) bond motifs is 9. The largest absolute Gasteiger partial charge is 0.481 e. The number of nitriles is 1. The van der Waals surface area contributed by atoms with Crippen molar-refractivity contribution < 1.29 is 19.4 Å². The molecule has 3 saturated carbocycles. The molecule has 5 nitrogen and oxygen atoms in total. The number of aliphatic carboxylic acids is 1. The highest BCUT2D eigenvalue weighted by Crippen LogP contribution is 2.75. The van der Waals surface area contributed by atoms with Gasteiger partial charge in [-0.25, -0.2) is 0 Å². The maximum Gasteiger partial charge on any atom is 0.309 e. The number of carbonyl (C=O) groups excluding carboxylic acids is 1. The van der Waals surface area contributed by atoms with Gasteiger partial charge in [-0.2, -0.15) is 5.26 Å². The lowest BCUT2D eigenvalue weighted by molar-refractivity contribution is -0.187. The molecular formula is C32H43NO4. The Morgan fingerprint density at radius 3 is 2.38 bits per heavy atom. The molecule has 0 bridgehead atoms. The molecule has 4 unspecified atom stereocenters. The summed E-state index contributed by atoms with van der Waals surface area (Å²) < 4.78 is 6.46. The molecule has 4 fully saturated rings. The summed E-state index contributed by atoms with van der Waals surface area (Å²) in [5, 5.41) is 20.6. The van der Waals surface area contributed by atoms with Crippen molar-refractivity contribution in [2.24, 2.45) is 50.2 Å². The Balaban J connectivity index is 1.52. The molecule has 5 aliphatic carbocycles. The highest BCUT2D eigenvalue weighted by atomic mass is 16.6. The molecule has 200 valence electrons. The highest BCUT2D eigenvalue weighted by molar-refractivity contribution is 6.04. The Hall–Kier alpha value is -1.93. The molecule has 0 spiro atoms. The van der Waals surface area contributed by atoms with Crippen LogP contribution in [0.5, 0.6) is 0 Å². The van der Waals surface area contributed by atoms with E-state index >= 15 is 0 Å². The third-order valence-electron chi connectivity index (χ3n) is 13.0. The molecule has 0 aromatic heterocycles. The summed E-state index contributed by atoms with van der Waals surface area (Å²) in [6.07, 6.45) is 10.5. The maximum absolute atomic E-state index is 13.3. The number of epoxide rings is 1. The number of nitrogens with zero attached hydrogens (tertiary/aromatic N) is 1. The van der Waals surface area contributed by atoms with Gasteiger partial charge in [-0.05, 0) is 78.9 Å². The van der Waals surface area contributed by atoms with Gasteiger partial charge in [-0.3, -0.25) is 9.59 Å². The van der Waals surface area contributed by atoms with Crippen LogP contribution in [-0.2, 0) is 14.3 Å². The van der Waals surface area contributed by atoms with E-state index in [-0.39, 0.29) is 57.6 Å². The third kappa shape index (κ3) is 2.95. The van der Waals surface area contributed by atoms with Crippen LogP contribution in [0.3, 0.4) is 0 Å². The summed E-state index contributed by atoms with van der Waals surface area (Å²) >= 11 is 0. The molecule has 9 atom stereocenters. The molecule has 0 aromatic carbocycles. The summed E-state index contributed by atoms with van der Waals surface area (Å²) in [6.45, 7) is 15.8. The van der Waals surface area contributed by atoms with Crippen molar-refractivity contribution in [3.63, 3.8) is 0 Å². The molecule has 6 aliphatic rings. The van der Waals surface area contributed by atoms with Crippen LogP contribution in [-0.4, -0.2) is 29.1 Å². The fraction of sp³-hybridized carbons (Fsp3) is 0.781.